The van der Waals surface area contributed by atoms with Gasteiger partial charge in [0.1, 0.15) is 5.82 Å². The smallest absolute Gasteiger partial charge is 0.228 e. The van der Waals surface area contributed by atoms with Crippen molar-refractivity contribution in [1.82, 2.24) is 14.5 Å². The van der Waals surface area contributed by atoms with Crippen LogP contribution >= 0.6 is 0 Å². The zero-order chi connectivity index (χ0) is 21.6. The normalized spacial score (nSPS) is 14.9. The number of rotatable bonds is 7. The van der Waals surface area contributed by atoms with Crippen molar-refractivity contribution in [1.29, 1.82) is 5.26 Å². The fourth-order valence-electron chi connectivity index (χ4n) is 4.13. The van der Waals surface area contributed by atoms with Crippen LogP contribution in [-0.4, -0.2) is 45.8 Å². The molecule has 1 N–H and O–H groups in total. The summed E-state index contributed by atoms with van der Waals surface area (Å²) in [5.41, 5.74) is 1.68. The van der Waals surface area contributed by atoms with Crippen LogP contribution in [0.4, 0.5) is 5.82 Å². The Morgan fingerprint density at radius 2 is 1.90 bits per heavy atom. The molecule has 0 bridgehead atoms. The minimum atomic E-state index is -0.0683. The highest BCUT2D eigenvalue weighted by atomic mass is 16.2. The predicted octanol–water partition coefficient (Wildman–Crippen LogP) is 3.48. The summed E-state index contributed by atoms with van der Waals surface area (Å²) in [4.78, 5) is 31.8. The number of nitrogens with one attached hydrogen (secondary N) is 1. The average molecular weight is 415 g/mol. The Kier molecular flexibility index (Phi) is 6.39. The number of ketones is 1. The van der Waals surface area contributed by atoms with Gasteiger partial charge in [-0.25, -0.2) is 4.98 Å². The molecule has 1 fully saturated rings. The number of para-hydroxylation sites is 1. The van der Waals surface area contributed by atoms with Crippen molar-refractivity contribution >= 4 is 28.4 Å². The van der Waals surface area contributed by atoms with Gasteiger partial charge >= 0.3 is 0 Å². The van der Waals surface area contributed by atoms with Crippen molar-refractivity contribution in [2.75, 3.05) is 25.0 Å². The van der Waals surface area contributed by atoms with Crippen LogP contribution in [-0.2, 0) is 11.3 Å². The van der Waals surface area contributed by atoms with Crippen LogP contribution < -0.4 is 5.32 Å². The molecular weight excluding hydrogens is 390 g/mol. The molecule has 4 rings (SSSR count). The SMILES string of the molecule is N#CCCn1cc(C(=O)CN2CCC(C(=O)Nc3ccccn3)CC2)c2ccccc21. The van der Waals surface area contributed by atoms with Gasteiger partial charge in [0, 0.05) is 41.3 Å². The largest absolute Gasteiger partial charge is 0.346 e. The van der Waals surface area contributed by atoms with Crippen molar-refractivity contribution in [3.05, 3.63) is 60.4 Å². The number of aryl methyl sites for hydroxylation is 1. The molecule has 0 atom stereocenters. The maximum absolute atomic E-state index is 13.1. The Morgan fingerprint density at radius 3 is 2.65 bits per heavy atom. The monoisotopic (exact) mass is 415 g/mol. The minimum absolute atomic E-state index is 0.00904. The molecule has 7 nitrogen and oxygen atoms in total. The fraction of sp³-hybridized carbons (Fsp3) is 0.333. The van der Waals surface area contributed by atoms with E-state index < -0.39 is 0 Å². The highest BCUT2D eigenvalue weighted by Gasteiger charge is 2.27. The first-order valence-electron chi connectivity index (χ1n) is 10.6. The first-order chi connectivity index (χ1) is 15.2. The average Bonchev–Trinajstić information content (AvgIpc) is 3.17. The van der Waals surface area contributed by atoms with E-state index in [0.717, 1.165) is 23.7 Å². The lowest BCUT2D eigenvalue weighted by atomic mass is 9.95. The van der Waals surface area contributed by atoms with Gasteiger partial charge in [-0.05, 0) is 44.1 Å². The van der Waals surface area contributed by atoms with Gasteiger partial charge in [-0.15, -0.1) is 0 Å². The molecule has 0 radical (unpaired) electrons. The van der Waals surface area contributed by atoms with E-state index in [1.165, 1.54) is 0 Å². The van der Waals surface area contributed by atoms with Gasteiger partial charge in [0.05, 0.1) is 19.0 Å². The second kappa shape index (κ2) is 9.54. The summed E-state index contributed by atoms with van der Waals surface area (Å²) in [6, 6.07) is 15.4. The van der Waals surface area contributed by atoms with Gasteiger partial charge in [-0.1, -0.05) is 24.3 Å². The number of benzene rings is 1. The Bertz CT molecular complexity index is 1110. The van der Waals surface area contributed by atoms with Gasteiger partial charge in [0.2, 0.25) is 5.91 Å². The summed E-state index contributed by atoms with van der Waals surface area (Å²) in [6.45, 7) is 2.32. The van der Waals surface area contributed by atoms with Gasteiger partial charge < -0.3 is 9.88 Å². The molecule has 1 aliphatic heterocycles. The molecule has 1 saturated heterocycles. The summed E-state index contributed by atoms with van der Waals surface area (Å²) >= 11 is 0. The number of aromatic nitrogens is 2. The lowest BCUT2D eigenvalue weighted by Gasteiger charge is -2.30. The van der Waals surface area contributed by atoms with E-state index in [1.807, 2.05) is 47.2 Å². The number of amides is 1. The number of hydrogen-bond acceptors (Lipinski definition) is 5. The number of likely N-dealkylation sites (tertiary alicyclic amines) is 1. The predicted molar refractivity (Wildman–Crippen MR) is 119 cm³/mol. The van der Waals surface area contributed by atoms with Gasteiger partial charge in [-0.3, -0.25) is 14.5 Å². The number of Topliss-reactive ketones (excluding diaryl/α,β-unsaturated/α-hetero) is 1. The van der Waals surface area contributed by atoms with Gasteiger partial charge in [0.15, 0.2) is 5.78 Å². The maximum Gasteiger partial charge on any atom is 0.228 e. The summed E-state index contributed by atoms with van der Waals surface area (Å²) in [7, 11) is 0. The molecule has 2 aromatic heterocycles. The number of anilines is 1. The topological polar surface area (TPSA) is 91.0 Å². The molecule has 3 heterocycles. The number of nitriles is 1. The van der Waals surface area contributed by atoms with Crippen LogP contribution in [0.3, 0.4) is 0 Å². The summed E-state index contributed by atoms with van der Waals surface area (Å²) in [5, 5.41) is 12.7. The second-order valence-corrected chi connectivity index (χ2v) is 7.84. The lowest BCUT2D eigenvalue weighted by Crippen LogP contribution is -2.40. The molecule has 7 heteroatoms. The number of hydrogen-bond donors (Lipinski definition) is 1. The molecular formula is C24H25N5O2. The number of pyridine rings is 1. The van der Waals surface area contributed by atoms with Gasteiger partial charge in [0.25, 0.3) is 0 Å². The van der Waals surface area contributed by atoms with Crippen LogP contribution in [0.2, 0.25) is 0 Å². The number of piperidine rings is 1. The molecule has 0 saturated carbocycles. The third kappa shape index (κ3) is 4.81. The first kappa shape index (κ1) is 20.8. The van der Waals surface area contributed by atoms with E-state index in [-0.39, 0.29) is 17.6 Å². The first-order valence-corrected chi connectivity index (χ1v) is 10.6. The number of fused-ring (bicyclic) bond motifs is 1. The number of carbonyl (C=O) groups excluding carboxylic acids is 2. The van der Waals surface area contributed by atoms with E-state index in [2.05, 4.69) is 21.3 Å². The molecule has 1 aromatic carbocycles. The van der Waals surface area contributed by atoms with Crippen molar-refractivity contribution in [3.8, 4) is 6.07 Å². The van der Waals surface area contributed by atoms with Crippen LogP contribution in [0.15, 0.2) is 54.9 Å². The zero-order valence-corrected chi connectivity index (χ0v) is 17.3. The Labute approximate surface area is 181 Å². The summed E-state index contributed by atoms with van der Waals surface area (Å²) < 4.78 is 1.99. The lowest BCUT2D eigenvalue weighted by molar-refractivity contribution is -0.121. The third-order valence-corrected chi connectivity index (χ3v) is 5.80. The van der Waals surface area contributed by atoms with Crippen LogP contribution in [0.25, 0.3) is 10.9 Å². The number of carbonyl (C=O) groups is 2. The van der Waals surface area contributed by atoms with E-state index in [9.17, 15) is 9.59 Å². The molecule has 3 aromatic rings. The third-order valence-electron chi connectivity index (χ3n) is 5.80. The molecule has 0 unspecified atom stereocenters. The zero-order valence-electron chi connectivity index (χ0n) is 17.3. The molecule has 31 heavy (non-hydrogen) atoms. The molecule has 1 amide bonds. The van der Waals surface area contributed by atoms with Crippen LogP contribution in [0, 0.1) is 17.2 Å². The highest BCUT2D eigenvalue weighted by molar-refractivity contribution is 6.09. The van der Waals surface area contributed by atoms with Crippen LogP contribution in [0.1, 0.15) is 29.6 Å². The second-order valence-electron chi connectivity index (χ2n) is 7.84. The molecule has 1 aliphatic rings. The molecule has 0 aliphatic carbocycles. The van der Waals surface area contributed by atoms with E-state index in [0.29, 0.717) is 44.0 Å². The van der Waals surface area contributed by atoms with Crippen molar-refractivity contribution in [2.45, 2.75) is 25.8 Å². The molecule has 0 spiro atoms. The van der Waals surface area contributed by atoms with E-state index in [1.54, 1.807) is 12.3 Å². The van der Waals surface area contributed by atoms with Crippen molar-refractivity contribution < 1.29 is 9.59 Å². The van der Waals surface area contributed by atoms with Crippen LogP contribution in [0.5, 0.6) is 0 Å². The highest BCUT2D eigenvalue weighted by Crippen LogP contribution is 2.24. The standard InChI is InChI=1S/C24H25N5O2/c25-11-5-13-29-16-20(19-6-1-2-7-21(19)29)22(30)17-28-14-9-18(10-15-28)24(31)27-23-8-3-4-12-26-23/h1-4,6-8,12,16,18H,5,9-10,13-15,17H2,(H,26,27,31). The van der Waals surface area contributed by atoms with E-state index in [4.69, 9.17) is 5.26 Å². The molecule has 158 valence electrons. The summed E-state index contributed by atoms with van der Waals surface area (Å²) in [5.74, 6) is 0.563. The summed E-state index contributed by atoms with van der Waals surface area (Å²) in [6.07, 6.45) is 5.37. The Balaban J connectivity index is 1.36. The Hall–Kier alpha value is -3.50. The minimum Gasteiger partial charge on any atom is -0.346 e. The maximum atomic E-state index is 13.1. The van der Waals surface area contributed by atoms with Crippen molar-refractivity contribution in [2.24, 2.45) is 5.92 Å². The fourth-order valence-corrected chi connectivity index (χ4v) is 4.13. The number of nitrogens with zero attached hydrogens (tertiary/aromatic N) is 4. The Morgan fingerprint density at radius 1 is 1.13 bits per heavy atom. The quantitative estimate of drug-likeness (QED) is 0.597. The van der Waals surface area contributed by atoms with Gasteiger partial charge in [-0.2, -0.15) is 5.26 Å². The van der Waals surface area contributed by atoms with Crippen molar-refractivity contribution in [3.63, 3.8) is 0 Å². The van der Waals surface area contributed by atoms with E-state index >= 15 is 0 Å².